The fourth-order valence-electron chi connectivity index (χ4n) is 6.95. The number of anilines is 2. The number of esters is 2. The van der Waals surface area contributed by atoms with Crippen molar-refractivity contribution < 1.29 is 19.1 Å². The van der Waals surface area contributed by atoms with Gasteiger partial charge in [0.05, 0.1) is 48.5 Å². The summed E-state index contributed by atoms with van der Waals surface area (Å²) in [5, 5.41) is 13.8. The minimum absolute atomic E-state index is 0.0187. The van der Waals surface area contributed by atoms with Gasteiger partial charge in [0.2, 0.25) is 0 Å². The first-order valence-corrected chi connectivity index (χ1v) is 19.1. The average molecular weight is 739 g/mol. The zero-order valence-corrected chi connectivity index (χ0v) is 31.0. The lowest BCUT2D eigenvalue weighted by Gasteiger charge is -2.13. The Morgan fingerprint density at radius 2 is 0.875 bits per heavy atom. The number of nitrogens with one attached hydrogen (secondary N) is 2. The second-order valence-electron chi connectivity index (χ2n) is 13.8. The average Bonchev–Trinajstić information content (AvgIpc) is 3.24. The van der Waals surface area contributed by atoms with Crippen LogP contribution in [0, 0.1) is 0 Å². The van der Waals surface area contributed by atoms with Crippen molar-refractivity contribution in [3.8, 4) is 22.5 Å². The van der Waals surface area contributed by atoms with E-state index < -0.39 is 11.9 Å². The smallest absolute Gasteiger partial charge is 0.306 e. The Hall–Kier alpha value is -6.80. The van der Waals surface area contributed by atoms with Gasteiger partial charge in [0, 0.05) is 46.4 Å². The van der Waals surface area contributed by atoms with Gasteiger partial charge in [-0.1, -0.05) is 109 Å². The number of hydrogen-bond acceptors (Lipinski definition) is 8. The summed E-state index contributed by atoms with van der Waals surface area (Å²) in [6.07, 6.45) is 1.19. The first-order valence-electron chi connectivity index (χ1n) is 19.1. The van der Waals surface area contributed by atoms with E-state index in [2.05, 4.69) is 95.6 Å². The molecule has 8 nitrogen and oxygen atoms in total. The number of rotatable bonds is 15. The summed E-state index contributed by atoms with van der Waals surface area (Å²) >= 11 is 0. The maximum absolute atomic E-state index is 12.4. The summed E-state index contributed by atoms with van der Waals surface area (Å²) in [7, 11) is 0. The molecular weight excluding hydrogens is 697 g/mol. The highest BCUT2D eigenvalue weighted by molar-refractivity contribution is 5.96. The molecule has 2 aromatic heterocycles. The Morgan fingerprint density at radius 3 is 1.34 bits per heavy atom. The van der Waals surface area contributed by atoms with Crippen LogP contribution in [0.5, 0.6) is 0 Å². The van der Waals surface area contributed by atoms with Gasteiger partial charge >= 0.3 is 11.9 Å². The summed E-state index contributed by atoms with van der Waals surface area (Å²) in [5.74, 6) is -0.827. The molecule has 278 valence electrons. The van der Waals surface area contributed by atoms with Crippen LogP contribution < -0.4 is 10.6 Å². The topological polar surface area (TPSA) is 102 Å². The maximum atomic E-state index is 12.4. The van der Waals surface area contributed by atoms with Gasteiger partial charge in [-0.2, -0.15) is 0 Å². The molecule has 0 fully saturated rings. The van der Waals surface area contributed by atoms with E-state index >= 15 is 0 Å². The third-order valence-electron chi connectivity index (χ3n) is 9.86. The molecule has 8 rings (SSSR count). The molecule has 0 saturated heterocycles. The minimum Gasteiger partial charge on any atom is -0.466 e. The number of carbonyl (C=O) groups excluding carboxylic acids is 2. The van der Waals surface area contributed by atoms with Crippen molar-refractivity contribution in [2.24, 2.45) is 0 Å². The van der Waals surface area contributed by atoms with Crippen molar-refractivity contribution >= 4 is 66.7 Å². The zero-order chi connectivity index (χ0) is 38.1. The van der Waals surface area contributed by atoms with E-state index in [1.807, 2.05) is 60.7 Å². The van der Waals surface area contributed by atoms with Gasteiger partial charge < -0.3 is 20.1 Å². The number of pyridine rings is 2. The van der Waals surface area contributed by atoms with Crippen molar-refractivity contribution in [1.29, 1.82) is 0 Å². The molecule has 0 amide bonds. The number of aromatic nitrogens is 2. The summed E-state index contributed by atoms with van der Waals surface area (Å²) in [6, 6.07) is 49.6. The molecule has 6 aromatic carbocycles. The summed E-state index contributed by atoms with van der Waals surface area (Å²) in [5.41, 5.74) is 7.64. The van der Waals surface area contributed by atoms with Crippen LogP contribution in [-0.2, 0) is 19.1 Å². The van der Waals surface area contributed by atoms with Crippen LogP contribution in [-0.4, -0.2) is 48.2 Å². The van der Waals surface area contributed by atoms with Crippen LogP contribution in [0.25, 0.3) is 65.9 Å². The Kier molecular flexibility index (Phi) is 11.1. The minimum atomic E-state index is -0.414. The van der Waals surface area contributed by atoms with Gasteiger partial charge in [-0.3, -0.25) is 9.59 Å². The van der Waals surface area contributed by atoms with Crippen LogP contribution in [0.1, 0.15) is 25.7 Å². The Morgan fingerprint density at radius 1 is 0.464 bits per heavy atom. The zero-order valence-electron chi connectivity index (χ0n) is 31.0. The summed E-state index contributed by atoms with van der Waals surface area (Å²) in [4.78, 5) is 34.7. The molecule has 8 heteroatoms. The molecule has 0 radical (unpaired) electrons. The SMILES string of the molecule is O=C(CCC(=O)OCCCNc1cc(-c2ccc3ccccc3c2)nc2ccccc12)OCCCNc1cc(-c2ccc3ccccc3c2)nc2ccccc12. The number of carbonyl (C=O) groups is 2. The van der Waals surface area contributed by atoms with E-state index in [1.165, 1.54) is 21.5 Å². The highest BCUT2D eigenvalue weighted by atomic mass is 16.5. The van der Waals surface area contributed by atoms with Crippen molar-refractivity contribution in [3.63, 3.8) is 0 Å². The fourth-order valence-corrected chi connectivity index (χ4v) is 6.95. The fraction of sp³-hybridized carbons (Fsp3) is 0.167. The molecule has 2 heterocycles. The molecule has 0 atom stereocenters. The normalized spacial score (nSPS) is 11.2. The number of para-hydroxylation sites is 2. The van der Waals surface area contributed by atoms with Crippen LogP contribution >= 0.6 is 0 Å². The van der Waals surface area contributed by atoms with Gasteiger partial charge in [0.15, 0.2) is 0 Å². The molecule has 0 aliphatic heterocycles. The predicted octanol–water partition coefficient (Wildman–Crippen LogP) is 10.6. The largest absolute Gasteiger partial charge is 0.466 e. The van der Waals surface area contributed by atoms with E-state index in [-0.39, 0.29) is 26.1 Å². The first-order chi connectivity index (χ1) is 27.6. The Labute approximate surface area is 325 Å². The van der Waals surface area contributed by atoms with Gasteiger partial charge in [-0.05, 0) is 70.8 Å². The monoisotopic (exact) mass is 738 g/mol. The number of nitrogens with zero attached hydrogens (tertiary/aromatic N) is 2. The second-order valence-corrected chi connectivity index (χ2v) is 13.8. The van der Waals surface area contributed by atoms with Crippen LogP contribution in [0.4, 0.5) is 11.4 Å². The molecule has 56 heavy (non-hydrogen) atoms. The van der Waals surface area contributed by atoms with Crippen molar-refractivity contribution in [2.45, 2.75) is 25.7 Å². The van der Waals surface area contributed by atoms with Gasteiger partial charge in [-0.15, -0.1) is 0 Å². The molecule has 2 N–H and O–H groups in total. The van der Waals surface area contributed by atoms with Crippen LogP contribution in [0.15, 0.2) is 146 Å². The van der Waals surface area contributed by atoms with Gasteiger partial charge in [-0.25, -0.2) is 9.97 Å². The predicted molar refractivity (Wildman–Crippen MR) is 227 cm³/mol. The van der Waals surface area contributed by atoms with Crippen molar-refractivity contribution in [1.82, 2.24) is 9.97 Å². The highest BCUT2D eigenvalue weighted by Gasteiger charge is 2.12. The van der Waals surface area contributed by atoms with Gasteiger partial charge in [0.25, 0.3) is 0 Å². The molecule has 0 saturated carbocycles. The molecular formula is C48H42N4O4. The van der Waals surface area contributed by atoms with Gasteiger partial charge in [0.1, 0.15) is 0 Å². The Bertz CT molecular complexity index is 2490. The highest BCUT2D eigenvalue weighted by Crippen LogP contribution is 2.32. The Balaban J connectivity index is 0.764. The lowest BCUT2D eigenvalue weighted by molar-refractivity contribution is -0.150. The standard InChI is InChI=1S/C48H42N4O4/c53-47(55-27-9-25-49-45-31-43(51-41-17-7-5-15-39(41)45)37-21-19-33-11-1-3-13-35(33)29-37)23-24-48(54)56-28-10-26-50-46-32-44(52-42-18-8-6-16-40(42)46)38-22-20-34-12-2-4-14-36(34)30-38/h1-8,11-22,29-32H,9-10,23-28H2,(H,49,51)(H,50,52). The van der Waals surface area contributed by atoms with Crippen molar-refractivity contribution in [3.05, 3.63) is 146 Å². The van der Waals surface area contributed by atoms with E-state index in [1.54, 1.807) is 0 Å². The quantitative estimate of drug-likeness (QED) is 0.0792. The van der Waals surface area contributed by atoms with E-state index in [4.69, 9.17) is 19.4 Å². The van der Waals surface area contributed by atoms with Crippen molar-refractivity contribution in [2.75, 3.05) is 36.9 Å². The first kappa shape index (κ1) is 36.2. The number of fused-ring (bicyclic) bond motifs is 4. The molecule has 8 aromatic rings. The van der Waals surface area contributed by atoms with E-state index in [0.717, 1.165) is 55.7 Å². The summed E-state index contributed by atoms with van der Waals surface area (Å²) < 4.78 is 10.9. The third kappa shape index (κ3) is 8.61. The molecule has 0 aliphatic rings. The lowest BCUT2D eigenvalue weighted by atomic mass is 10.0. The molecule has 0 bridgehead atoms. The van der Waals surface area contributed by atoms with E-state index in [9.17, 15) is 9.59 Å². The van der Waals surface area contributed by atoms with Crippen LogP contribution in [0.3, 0.4) is 0 Å². The second kappa shape index (κ2) is 17.1. The molecule has 0 unspecified atom stereocenters. The number of ether oxygens (including phenoxy) is 2. The third-order valence-corrected chi connectivity index (χ3v) is 9.86. The summed E-state index contributed by atoms with van der Waals surface area (Å²) in [6.45, 7) is 1.71. The number of hydrogen-bond donors (Lipinski definition) is 2. The number of benzene rings is 6. The van der Waals surface area contributed by atoms with Crippen LogP contribution in [0.2, 0.25) is 0 Å². The van der Waals surface area contributed by atoms with E-state index in [0.29, 0.717) is 25.9 Å². The lowest BCUT2D eigenvalue weighted by Crippen LogP contribution is -2.14. The maximum Gasteiger partial charge on any atom is 0.306 e. The molecule has 0 spiro atoms. The molecule has 0 aliphatic carbocycles.